The number of amides is 1. The molecule has 0 atom stereocenters. The number of benzene rings is 1. The Bertz CT molecular complexity index is 1340. The van der Waals surface area contributed by atoms with E-state index in [0.29, 0.717) is 38.2 Å². The normalized spacial score (nSPS) is 13.9. The molecule has 0 spiro atoms. The molecule has 1 N–H and O–H groups in total. The Kier molecular flexibility index (Phi) is 5.79. The van der Waals surface area contributed by atoms with Crippen LogP contribution < -0.4 is 4.72 Å². The van der Waals surface area contributed by atoms with Crippen molar-refractivity contribution in [2.45, 2.75) is 31.6 Å². The monoisotopic (exact) mass is 469 g/mol. The lowest BCUT2D eigenvalue weighted by Gasteiger charge is -2.13. The van der Waals surface area contributed by atoms with E-state index in [2.05, 4.69) is 9.71 Å². The van der Waals surface area contributed by atoms with Crippen molar-refractivity contribution >= 4 is 33.0 Å². The lowest BCUT2D eigenvalue weighted by molar-refractivity contribution is 0.0796. The number of nitrogens with zero attached hydrogens (tertiary/aromatic N) is 4. The van der Waals surface area contributed by atoms with Gasteiger partial charge in [-0.1, -0.05) is 6.07 Å². The zero-order chi connectivity index (χ0) is 23.0. The standard InChI is InChI=1S/C22H23N5O3S2/c1-14-20(22(28)27-9-4-5-10-27)31-21(24-14)18-12-19(15(2)26(18)3)32(29,30)25-17-8-6-7-16(11-17)13-23/h6-8,11-12,25H,4-5,9-10H2,1-3H3. The number of aryl methyl sites for hydroxylation is 1. The Morgan fingerprint density at radius 3 is 2.62 bits per heavy atom. The maximum atomic E-state index is 13.1. The summed E-state index contributed by atoms with van der Waals surface area (Å²) in [6.45, 7) is 5.05. The minimum absolute atomic E-state index is 0.0124. The van der Waals surface area contributed by atoms with Gasteiger partial charge in [-0.15, -0.1) is 11.3 Å². The fraction of sp³-hybridized carbons (Fsp3) is 0.318. The van der Waals surface area contributed by atoms with Crippen molar-refractivity contribution in [3.63, 3.8) is 0 Å². The zero-order valence-electron chi connectivity index (χ0n) is 18.0. The first kappa shape index (κ1) is 22.0. The second-order valence-electron chi connectivity index (χ2n) is 7.77. The first-order valence-corrected chi connectivity index (χ1v) is 12.5. The van der Waals surface area contributed by atoms with Crippen molar-refractivity contribution in [1.82, 2.24) is 14.5 Å². The Hall–Kier alpha value is -3.16. The van der Waals surface area contributed by atoms with Gasteiger partial charge in [-0.3, -0.25) is 9.52 Å². The molecule has 0 saturated carbocycles. The minimum Gasteiger partial charge on any atom is -0.345 e. The fourth-order valence-corrected chi connectivity index (χ4v) is 6.21. The third-order valence-electron chi connectivity index (χ3n) is 5.63. The van der Waals surface area contributed by atoms with Crippen molar-refractivity contribution in [1.29, 1.82) is 5.26 Å². The van der Waals surface area contributed by atoms with Crippen LogP contribution in [0.5, 0.6) is 0 Å². The average molecular weight is 470 g/mol. The molecule has 32 heavy (non-hydrogen) atoms. The summed E-state index contributed by atoms with van der Waals surface area (Å²) in [6, 6.07) is 9.88. The fourth-order valence-electron chi connectivity index (χ4n) is 3.78. The van der Waals surface area contributed by atoms with E-state index in [1.165, 1.54) is 17.4 Å². The Labute approximate surface area is 191 Å². The number of anilines is 1. The topological polar surface area (TPSA) is 108 Å². The Morgan fingerprint density at radius 2 is 1.94 bits per heavy atom. The maximum Gasteiger partial charge on any atom is 0.265 e. The highest BCUT2D eigenvalue weighted by atomic mass is 32.2. The molecule has 10 heteroatoms. The van der Waals surface area contributed by atoms with Crippen molar-refractivity contribution in [3.8, 4) is 16.8 Å². The molecule has 1 amide bonds. The number of hydrogen-bond acceptors (Lipinski definition) is 6. The average Bonchev–Trinajstić information content (AvgIpc) is 3.48. The van der Waals surface area contributed by atoms with Gasteiger partial charge in [0.05, 0.1) is 28.7 Å². The van der Waals surface area contributed by atoms with E-state index < -0.39 is 10.0 Å². The van der Waals surface area contributed by atoms with Gasteiger partial charge in [-0.25, -0.2) is 13.4 Å². The van der Waals surface area contributed by atoms with Crippen LogP contribution in [0.4, 0.5) is 5.69 Å². The second-order valence-corrected chi connectivity index (χ2v) is 10.4. The number of likely N-dealkylation sites (tertiary alicyclic amines) is 1. The quantitative estimate of drug-likeness (QED) is 0.613. The summed E-state index contributed by atoms with van der Waals surface area (Å²) in [7, 11) is -2.11. The summed E-state index contributed by atoms with van der Waals surface area (Å²) < 4.78 is 30.5. The van der Waals surface area contributed by atoms with Crippen LogP contribution in [0.3, 0.4) is 0 Å². The number of hydrogen-bond donors (Lipinski definition) is 1. The van der Waals surface area contributed by atoms with Gasteiger partial charge in [0.1, 0.15) is 14.8 Å². The van der Waals surface area contributed by atoms with Gasteiger partial charge in [0.2, 0.25) is 0 Å². The second kappa shape index (κ2) is 8.41. The van der Waals surface area contributed by atoms with Gasteiger partial charge in [-0.05, 0) is 51.0 Å². The van der Waals surface area contributed by atoms with Gasteiger partial charge in [-0.2, -0.15) is 5.26 Å². The van der Waals surface area contributed by atoms with Crippen LogP contribution in [0, 0.1) is 25.2 Å². The summed E-state index contributed by atoms with van der Waals surface area (Å²) >= 11 is 1.29. The number of sulfonamides is 1. The summed E-state index contributed by atoms with van der Waals surface area (Å²) in [5.74, 6) is -0.0124. The van der Waals surface area contributed by atoms with Crippen LogP contribution in [0.1, 0.15) is 39.5 Å². The highest BCUT2D eigenvalue weighted by Gasteiger charge is 2.27. The third-order valence-corrected chi connectivity index (χ3v) is 8.29. The minimum atomic E-state index is -3.89. The molecule has 3 heterocycles. The lowest BCUT2D eigenvalue weighted by Crippen LogP contribution is -2.27. The van der Waals surface area contributed by atoms with E-state index in [9.17, 15) is 13.2 Å². The van der Waals surface area contributed by atoms with Crippen LogP contribution in [-0.4, -0.2) is 41.9 Å². The smallest absolute Gasteiger partial charge is 0.265 e. The van der Waals surface area contributed by atoms with Crippen LogP contribution in [0.25, 0.3) is 10.7 Å². The highest BCUT2D eigenvalue weighted by Crippen LogP contribution is 2.33. The van der Waals surface area contributed by atoms with Crippen molar-refractivity contribution in [2.24, 2.45) is 7.05 Å². The van der Waals surface area contributed by atoms with Crippen LogP contribution in [0.15, 0.2) is 35.2 Å². The van der Waals surface area contributed by atoms with Gasteiger partial charge in [0, 0.05) is 25.8 Å². The number of thiazole rings is 1. The molecular weight excluding hydrogens is 446 g/mol. The molecule has 4 rings (SSSR count). The van der Waals surface area contributed by atoms with E-state index in [-0.39, 0.29) is 10.8 Å². The number of rotatable bonds is 5. The van der Waals surface area contributed by atoms with Crippen molar-refractivity contribution in [2.75, 3.05) is 17.8 Å². The molecule has 2 aromatic heterocycles. The first-order valence-electron chi connectivity index (χ1n) is 10.2. The van der Waals surface area contributed by atoms with Crippen LogP contribution in [-0.2, 0) is 17.1 Å². The van der Waals surface area contributed by atoms with E-state index in [1.54, 1.807) is 49.7 Å². The van der Waals surface area contributed by atoms with Crippen LogP contribution >= 0.6 is 11.3 Å². The number of aromatic nitrogens is 2. The van der Waals surface area contributed by atoms with Gasteiger partial charge >= 0.3 is 0 Å². The summed E-state index contributed by atoms with van der Waals surface area (Å²) in [5, 5.41) is 9.66. The predicted molar refractivity (Wildman–Crippen MR) is 123 cm³/mol. The zero-order valence-corrected chi connectivity index (χ0v) is 19.7. The highest BCUT2D eigenvalue weighted by molar-refractivity contribution is 7.92. The molecule has 8 nitrogen and oxygen atoms in total. The SMILES string of the molecule is Cc1nc(-c2cc(S(=O)(=O)Nc3cccc(C#N)c3)c(C)n2C)sc1C(=O)N1CCCC1. The molecule has 0 unspecified atom stereocenters. The molecule has 0 radical (unpaired) electrons. The van der Waals surface area contributed by atoms with Crippen molar-refractivity contribution in [3.05, 3.63) is 52.2 Å². The molecule has 1 saturated heterocycles. The number of nitrogens with one attached hydrogen (secondary N) is 1. The summed E-state index contributed by atoms with van der Waals surface area (Å²) in [4.78, 5) is 20.0. The molecule has 1 aliphatic heterocycles. The predicted octanol–water partition coefficient (Wildman–Crippen LogP) is 3.67. The Morgan fingerprint density at radius 1 is 1.22 bits per heavy atom. The van der Waals surface area contributed by atoms with Crippen LogP contribution in [0.2, 0.25) is 0 Å². The largest absolute Gasteiger partial charge is 0.345 e. The molecule has 166 valence electrons. The summed E-state index contributed by atoms with van der Waals surface area (Å²) in [5.41, 5.74) is 2.50. The molecule has 3 aromatic rings. The molecular formula is C22H23N5O3S2. The van der Waals surface area contributed by atoms with E-state index in [1.807, 2.05) is 11.0 Å². The lowest BCUT2D eigenvalue weighted by atomic mass is 10.2. The van der Waals surface area contributed by atoms with Crippen molar-refractivity contribution < 1.29 is 13.2 Å². The molecule has 1 aromatic carbocycles. The molecule has 1 aliphatic rings. The molecule has 0 aliphatic carbocycles. The summed E-state index contributed by atoms with van der Waals surface area (Å²) in [6.07, 6.45) is 2.03. The van der Waals surface area contributed by atoms with Gasteiger partial charge < -0.3 is 9.47 Å². The molecule has 1 fully saturated rings. The number of nitriles is 1. The molecule has 0 bridgehead atoms. The number of carbonyl (C=O) groups is 1. The van der Waals surface area contributed by atoms with E-state index in [0.717, 1.165) is 25.9 Å². The van der Waals surface area contributed by atoms with E-state index >= 15 is 0 Å². The maximum absolute atomic E-state index is 13.1. The Balaban J connectivity index is 1.68. The number of carbonyl (C=O) groups excluding carboxylic acids is 1. The first-order chi connectivity index (χ1) is 15.2. The van der Waals surface area contributed by atoms with Gasteiger partial charge in [0.25, 0.3) is 15.9 Å². The third kappa shape index (κ3) is 4.01. The van der Waals surface area contributed by atoms with E-state index in [4.69, 9.17) is 5.26 Å². The van der Waals surface area contributed by atoms with Gasteiger partial charge in [0.15, 0.2) is 0 Å².